The Morgan fingerprint density at radius 1 is 1.16 bits per heavy atom. The minimum Gasteiger partial charge on any atom is -0.496 e. The molecule has 1 fully saturated rings. The molecule has 4 nitrogen and oxygen atoms in total. The van der Waals surface area contributed by atoms with Gasteiger partial charge in [0, 0.05) is 37.8 Å². The molecule has 1 N–H and O–H groups in total. The molecule has 0 amide bonds. The fraction of sp³-hybridized carbons (Fsp3) is 0.571. The molecule has 1 aliphatic rings. The van der Waals surface area contributed by atoms with E-state index in [1.807, 2.05) is 6.07 Å². The standard InChI is InChI=1S/C14H21BrN2O2/c1-10(17-6-4-16-5-7-17)11-8-14(19-3)12(15)9-13(11)18-2/h8-10,16H,4-7H2,1-3H3. The summed E-state index contributed by atoms with van der Waals surface area (Å²) in [6, 6.07) is 4.36. The van der Waals surface area contributed by atoms with Crippen molar-refractivity contribution in [2.45, 2.75) is 13.0 Å². The molecule has 1 heterocycles. The van der Waals surface area contributed by atoms with Crippen molar-refractivity contribution in [1.29, 1.82) is 0 Å². The summed E-state index contributed by atoms with van der Waals surface area (Å²) in [5, 5.41) is 3.38. The lowest BCUT2D eigenvalue weighted by Gasteiger charge is -2.33. The number of hydrogen-bond donors (Lipinski definition) is 1. The van der Waals surface area contributed by atoms with Gasteiger partial charge in [-0.2, -0.15) is 0 Å². The Hall–Kier alpha value is -0.780. The van der Waals surface area contributed by atoms with Crippen molar-refractivity contribution in [2.75, 3.05) is 40.4 Å². The van der Waals surface area contributed by atoms with Gasteiger partial charge in [-0.3, -0.25) is 4.90 Å². The molecule has 1 unspecified atom stereocenters. The number of methoxy groups -OCH3 is 2. The molecular formula is C14H21BrN2O2. The van der Waals surface area contributed by atoms with E-state index in [1.165, 1.54) is 5.56 Å². The van der Waals surface area contributed by atoms with Gasteiger partial charge in [-0.15, -0.1) is 0 Å². The first kappa shape index (κ1) is 14.6. The van der Waals surface area contributed by atoms with Crippen molar-refractivity contribution in [3.05, 3.63) is 22.2 Å². The van der Waals surface area contributed by atoms with Crippen molar-refractivity contribution in [1.82, 2.24) is 10.2 Å². The summed E-state index contributed by atoms with van der Waals surface area (Å²) in [7, 11) is 3.40. The zero-order valence-electron chi connectivity index (χ0n) is 11.7. The third-order valence-corrected chi connectivity index (χ3v) is 4.27. The molecule has 1 aromatic carbocycles. The number of nitrogens with one attached hydrogen (secondary N) is 1. The maximum atomic E-state index is 5.51. The predicted octanol–water partition coefficient (Wildman–Crippen LogP) is 2.43. The molecule has 1 saturated heterocycles. The normalized spacial score (nSPS) is 18.1. The average molecular weight is 329 g/mol. The molecule has 0 aliphatic carbocycles. The molecule has 0 aromatic heterocycles. The van der Waals surface area contributed by atoms with Crippen molar-refractivity contribution < 1.29 is 9.47 Å². The second kappa shape index (κ2) is 6.59. The summed E-state index contributed by atoms with van der Waals surface area (Å²) in [4.78, 5) is 2.46. The number of nitrogens with zero attached hydrogens (tertiary/aromatic N) is 1. The molecule has 19 heavy (non-hydrogen) atoms. The second-order valence-corrected chi connectivity index (χ2v) is 5.54. The highest BCUT2D eigenvalue weighted by atomic mass is 79.9. The van der Waals surface area contributed by atoms with Crippen LogP contribution in [0.2, 0.25) is 0 Å². The fourth-order valence-corrected chi connectivity index (χ4v) is 2.96. The lowest BCUT2D eigenvalue weighted by molar-refractivity contribution is 0.182. The Morgan fingerprint density at radius 3 is 2.37 bits per heavy atom. The van der Waals surface area contributed by atoms with Gasteiger partial charge in [0.15, 0.2) is 0 Å². The Balaban J connectivity index is 2.30. The number of halogens is 1. The monoisotopic (exact) mass is 328 g/mol. The third-order valence-electron chi connectivity index (χ3n) is 3.65. The van der Waals surface area contributed by atoms with E-state index in [-0.39, 0.29) is 0 Å². The van der Waals surface area contributed by atoms with Crippen LogP contribution in [0.4, 0.5) is 0 Å². The van der Waals surface area contributed by atoms with Gasteiger partial charge in [0.2, 0.25) is 0 Å². The van der Waals surface area contributed by atoms with E-state index in [1.54, 1.807) is 14.2 Å². The van der Waals surface area contributed by atoms with Crippen LogP contribution in [0.5, 0.6) is 11.5 Å². The number of rotatable bonds is 4. The minimum atomic E-state index is 0.319. The predicted molar refractivity (Wildman–Crippen MR) is 80.1 cm³/mol. The van der Waals surface area contributed by atoms with Crippen LogP contribution in [-0.2, 0) is 0 Å². The van der Waals surface area contributed by atoms with Crippen LogP contribution in [0, 0.1) is 0 Å². The number of ether oxygens (including phenoxy) is 2. The van der Waals surface area contributed by atoms with Crippen molar-refractivity contribution in [2.24, 2.45) is 0 Å². The summed E-state index contributed by atoms with van der Waals surface area (Å²) in [5.41, 5.74) is 1.17. The maximum absolute atomic E-state index is 5.51. The SMILES string of the molecule is COc1cc(C(C)N2CCNCC2)c(OC)cc1Br. The molecule has 0 radical (unpaired) electrons. The average Bonchev–Trinajstić information content (AvgIpc) is 2.47. The molecule has 1 atom stereocenters. The molecule has 1 aliphatic heterocycles. The van der Waals surface area contributed by atoms with Crippen molar-refractivity contribution in [3.63, 3.8) is 0 Å². The molecule has 5 heteroatoms. The summed E-state index contributed by atoms with van der Waals surface area (Å²) in [5.74, 6) is 1.75. The van der Waals surface area contributed by atoms with Crippen LogP contribution < -0.4 is 14.8 Å². The summed E-state index contributed by atoms with van der Waals surface area (Å²) >= 11 is 3.50. The first-order valence-corrected chi connectivity index (χ1v) is 7.33. The van der Waals surface area contributed by atoms with Crippen LogP contribution >= 0.6 is 15.9 Å². The lowest BCUT2D eigenvalue weighted by atomic mass is 10.0. The smallest absolute Gasteiger partial charge is 0.133 e. The van der Waals surface area contributed by atoms with Gasteiger partial charge >= 0.3 is 0 Å². The number of benzene rings is 1. The van der Waals surface area contributed by atoms with E-state index < -0.39 is 0 Å². The largest absolute Gasteiger partial charge is 0.496 e. The number of piperazine rings is 1. The minimum absolute atomic E-state index is 0.319. The quantitative estimate of drug-likeness (QED) is 0.920. The van der Waals surface area contributed by atoms with Crippen molar-refractivity contribution >= 4 is 15.9 Å². The van der Waals surface area contributed by atoms with E-state index in [0.717, 1.165) is 42.2 Å². The third kappa shape index (κ3) is 3.22. The molecule has 2 rings (SSSR count). The van der Waals surface area contributed by atoms with Crippen molar-refractivity contribution in [3.8, 4) is 11.5 Å². The molecular weight excluding hydrogens is 308 g/mol. The van der Waals surface area contributed by atoms with Crippen LogP contribution in [0.25, 0.3) is 0 Å². The van der Waals surface area contributed by atoms with Crippen LogP contribution in [-0.4, -0.2) is 45.3 Å². The maximum Gasteiger partial charge on any atom is 0.133 e. The Bertz CT molecular complexity index is 434. The van der Waals surface area contributed by atoms with Gasteiger partial charge in [-0.1, -0.05) is 0 Å². The first-order valence-electron chi connectivity index (χ1n) is 6.53. The van der Waals surface area contributed by atoms with Crippen LogP contribution in [0.15, 0.2) is 16.6 Å². The lowest BCUT2D eigenvalue weighted by Crippen LogP contribution is -2.44. The fourth-order valence-electron chi connectivity index (χ4n) is 2.48. The van der Waals surface area contributed by atoms with Gasteiger partial charge in [0.25, 0.3) is 0 Å². The van der Waals surface area contributed by atoms with Gasteiger partial charge < -0.3 is 14.8 Å². The van der Waals surface area contributed by atoms with Crippen LogP contribution in [0.1, 0.15) is 18.5 Å². The molecule has 0 saturated carbocycles. The van der Waals surface area contributed by atoms with Gasteiger partial charge in [0.05, 0.1) is 18.7 Å². The highest BCUT2D eigenvalue weighted by Crippen LogP contribution is 2.37. The van der Waals surface area contributed by atoms with Gasteiger partial charge in [-0.25, -0.2) is 0 Å². The van der Waals surface area contributed by atoms with Gasteiger partial charge in [-0.05, 0) is 35.0 Å². The highest BCUT2D eigenvalue weighted by molar-refractivity contribution is 9.10. The summed E-state index contributed by atoms with van der Waals surface area (Å²) < 4.78 is 11.8. The number of hydrogen-bond acceptors (Lipinski definition) is 4. The van der Waals surface area contributed by atoms with E-state index >= 15 is 0 Å². The van der Waals surface area contributed by atoms with E-state index in [0.29, 0.717) is 6.04 Å². The molecule has 106 valence electrons. The first-order chi connectivity index (χ1) is 9.17. The Labute approximate surface area is 123 Å². The van der Waals surface area contributed by atoms with E-state index in [4.69, 9.17) is 9.47 Å². The van der Waals surface area contributed by atoms with Crippen LogP contribution in [0.3, 0.4) is 0 Å². The zero-order valence-corrected chi connectivity index (χ0v) is 13.3. The van der Waals surface area contributed by atoms with E-state index in [9.17, 15) is 0 Å². The summed E-state index contributed by atoms with van der Waals surface area (Å²) in [6.07, 6.45) is 0. The molecule has 0 bridgehead atoms. The zero-order chi connectivity index (χ0) is 13.8. The molecule has 0 spiro atoms. The topological polar surface area (TPSA) is 33.7 Å². The molecule has 1 aromatic rings. The highest BCUT2D eigenvalue weighted by Gasteiger charge is 2.22. The Kier molecular flexibility index (Phi) is 5.07. The Morgan fingerprint density at radius 2 is 1.79 bits per heavy atom. The van der Waals surface area contributed by atoms with E-state index in [2.05, 4.69) is 39.1 Å². The summed E-state index contributed by atoms with van der Waals surface area (Å²) in [6.45, 7) is 6.42. The van der Waals surface area contributed by atoms with Gasteiger partial charge in [0.1, 0.15) is 11.5 Å². The second-order valence-electron chi connectivity index (χ2n) is 4.69.